The van der Waals surface area contributed by atoms with E-state index in [0.29, 0.717) is 0 Å². The van der Waals surface area contributed by atoms with Crippen LogP contribution in [-0.4, -0.2) is 0 Å². The van der Waals surface area contributed by atoms with Crippen LogP contribution in [0.5, 0.6) is 0 Å². The third-order valence-corrected chi connectivity index (χ3v) is 26.0. The summed E-state index contributed by atoms with van der Waals surface area (Å²) in [5.74, 6) is 0. The molecule has 0 amide bonds. The molecule has 6 aliphatic rings. The van der Waals surface area contributed by atoms with Crippen molar-refractivity contribution in [1.82, 2.24) is 0 Å². The summed E-state index contributed by atoms with van der Waals surface area (Å²) in [4.78, 5) is 0. The number of hydrogen-bond donors (Lipinski definition) is 0. The number of rotatable bonds is 20. The Morgan fingerprint density at radius 2 is 0.347 bits per heavy atom. The Hall–Kier alpha value is -9.36. The minimum absolute atomic E-state index is 0.0991. The van der Waals surface area contributed by atoms with Crippen molar-refractivity contribution < 1.29 is 0 Å². The van der Waals surface area contributed by atoms with Gasteiger partial charge in [0.25, 0.3) is 0 Å². The Kier molecular flexibility index (Phi) is 15.4. The summed E-state index contributed by atoms with van der Waals surface area (Å²) in [6.45, 7) is 19.3. The van der Waals surface area contributed by atoms with Crippen molar-refractivity contribution in [2.75, 3.05) is 0 Å². The highest BCUT2D eigenvalue weighted by Crippen LogP contribution is 2.68. The topological polar surface area (TPSA) is 0 Å². The van der Waals surface area contributed by atoms with Crippen LogP contribution in [0.25, 0.3) is 111 Å². The lowest BCUT2D eigenvalue weighted by atomic mass is 9.67. The smallest absolute Gasteiger partial charge is 0.0653 e. The maximum atomic E-state index is 2.74. The molecule has 0 fully saturated rings. The van der Waals surface area contributed by atoms with E-state index >= 15 is 0 Å². The van der Waals surface area contributed by atoms with Gasteiger partial charge in [-0.05, 0) is 254 Å². The van der Waals surface area contributed by atoms with Crippen molar-refractivity contribution in [2.24, 2.45) is 0 Å². The van der Waals surface area contributed by atoms with Gasteiger partial charge in [0.05, 0.1) is 5.41 Å². The molecule has 0 saturated carbocycles. The summed E-state index contributed by atoms with van der Waals surface area (Å²) in [5.41, 5.74) is 44.0. The molecule has 6 aliphatic carbocycles. The molecule has 0 saturated heterocycles. The quantitative estimate of drug-likeness (QED) is 0.0713. The molecule has 0 radical (unpaired) electrons. The first kappa shape index (κ1) is 63.8. The monoisotopic (exact) mass is 1310 g/mol. The van der Waals surface area contributed by atoms with Crippen LogP contribution >= 0.6 is 0 Å². The molecule has 0 heterocycles. The van der Waals surface area contributed by atoms with E-state index in [2.05, 4.69) is 298 Å². The highest BCUT2D eigenvalue weighted by molar-refractivity contribution is 6.02. The van der Waals surface area contributed by atoms with Crippen molar-refractivity contribution in [3.63, 3.8) is 0 Å². The largest absolute Gasteiger partial charge is 0.0726 e. The first-order valence-corrected chi connectivity index (χ1v) is 39.2. The van der Waals surface area contributed by atoms with Gasteiger partial charge in [-0.25, -0.2) is 0 Å². The number of hydrogen-bond acceptors (Lipinski definition) is 0. The van der Waals surface area contributed by atoms with Gasteiger partial charge in [-0.2, -0.15) is 0 Å². The first-order chi connectivity index (χ1) is 49.7. The SMILES string of the molecule is CCCC1(CCC)c2ccccc2-c2cccc(-c3ccc4c(c3)C3(c5cc(-c6cccc7c6C(CCC)(CCC)c6ccccc6-7)ccc5-4)c4cc(-c5cccc6c5C(CCC)(CCC)c5ccccc5-6)ccc4-c4ccc(-c5cccc6c5C(CCC)(CCC)c5ccccc5-6)cc43)c21. The van der Waals surface area contributed by atoms with E-state index in [0.717, 1.165) is 103 Å². The fourth-order valence-electron chi connectivity index (χ4n) is 23.1. The third-order valence-electron chi connectivity index (χ3n) is 26.0. The minimum atomic E-state index is -0.737. The molecule has 0 unspecified atom stereocenters. The summed E-state index contributed by atoms with van der Waals surface area (Å²) in [5, 5.41) is 0. The van der Waals surface area contributed by atoms with Gasteiger partial charge in [-0.15, -0.1) is 0 Å². The molecule has 101 heavy (non-hydrogen) atoms. The van der Waals surface area contributed by atoms with Gasteiger partial charge >= 0.3 is 0 Å². The van der Waals surface area contributed by atoms with Gasteiger partial charge in [0, 0.05) is 21.7 Å². The van der Waals surface area contributed by atoms with Crippen molar-refractivity contribution in [3.8, 4) is 111 Å². The van der Waals surface area contributed by atoms with Crippen molar-refractivity contribution in [1.29, 1.82) is 0 Å². The van der Waals surface area contributed by atoms with E-state index in [9.17, 15) is 0 Å². The normalized spacial score (nSPS) is 15.8. The molecule has 0 N–H and O–H groups in total. The average molecular weight is 1310 g/mol. The molecule has 0 aromatic heterocycles. The van der Waals surface area contributed by atoms with Crippen LogP contribution < -0.4 is 0 Å². The Bertz CT molecular complexity index is 4640. The minimum Gasteiger partial charge on any atom is -0.0653 e. The van der Waals surface area contributed by atoms with Gasteiger partial charge in [0.1, 0.15) is 0 Å². The summed E-state index contributed by atoms with van der Waals surface area (Å²) in [6, 6.07) is 98.5. The van der Waals surface area contributed by atoms with Crippen LogP contribution in [0.2, 0.25) is 0 Å². The fraction of sp³-hybridized carbons (Fsp3) is 0.287. The highest BCUT2D eigenvalue weighted by atomic mass is 14.6. The zero-order chi connectivity index (χ0) is 68.6. The molecule has 18 rings (SSSR count). The van der Waals surface area contributed by atoms with E-state index in [-0.39, 0.29) is 21.7 Å². The van der Waals surface area contributed by atoms with Gasteiger partial charge in [0.15, 0.2) is 0 Å². The second-order valence-electron chi connectivity index (χ2n) is 31.2. The highest BCUT2D eigenvalue weighted by Gasteiger charge is 2.55. The summed E-state index contributed by atoms with van der Waals surface area (Å²) >= 11 is 0. The molecule has 500 valence electrons. The Morgan fingerprint density at radius 3 is 0.554 bits per heavy atom. The fourth-order valence-corrected chi connectivity index (χ4v) is 23.1. The molecule has 0 bridgehead atoms. The van der Waals surface area contributed by atoms with Crippen LogP contribution in [0.4, 0.5) is 0 Å². The predicted octanol–water partition coefficient (Wildman–Crippen LogP) is 28.2. The third kappa shape index (κ3) is 8.67. The first-order valence-electron chi connectivity index (χ1n) is 39.2. The maximum Gasteiger partial charge on any atom is 0.0726 e. The molecule has 1 spiro atoms. The van der Waals surface area contributed by atoms with Crippen molar-refractivity contribution >= 4 is 0 Å². The standard InChI is InChI=1S/C101H96/c1-9-53-97(54-10-2)85-41-21-17-29-73(85)81-37-25-33-69(93(81)97)65-45-49-77-78-50-46-66(70-34-26-38-82-74-30-18-22-42-86(74)98(55-11-3,56-12-4)94(70)82)62-90(78)101(89(77)61-65)91-63-67(71-35-27-39-83-75-31-19-23-43-87(75)99(57-13-5,58-14-6)95(71)83)47-51-79(91)80-52-48-68(64-92(80)101)72-36-28-40-84-76-32-20-24-44-88(76)100(59-15-7,60-16-8)96(72)84/h17-52,61-64H,9-16,53-60H2,1-8H3. The van der Waals surface area contributed by atoms with Gasteiger partial charge in [-0.1, -0.05) is 325 Å². The van der Waals surface area contributed by atoms with Gasteiger partial charge in [0.2, 0.25) is 0 Å². The van der Waals surface area contributed by atoms with E-state index in [1.165, 1.54) is 178 Å². The lowest BCUT2D eigenvalue weighted by Gasteiger charge is -2.35. The zero-order valence-electron chi connectivity index (χ0n) is 60.9. The summed E-state index contributed by atoms with van der Waals surface area (Å²) < 4.78 is 0. The van der Waals surface area contributed by atoms with Crippen molar-refractivity contribution in [3.05, 3.63) is 309 Å². The second-order valence-corrected chi connectivity index (χ2v) is 31.2. The Balaban J connectivity index is 0.960. The summed E-state index contributed by atoms with van der Waals surface area (Å²) in [7, 11) is 0. The summed E-state index contributed by atoms with van der Waals surface area (Å²) in [6.07, 6.45) is 17.8. The molecule has 0 aliphatic heterocycles. The molecule has 0 atom stereocenters. The molecule has 0 heteroatoms. The van der Waals surface area contributed by atoms with Crippen LogP contribution in [0.15, 0.2) is 243 Å². The molecule has 12 aromatic rings. The van der Waals surface area contributed by atoms with E-state index in [1.54, 1.807) is 0 Å². The Morgan fingerprint density at radius 1 is 0.168 bits per heavy atom. The lowest BCUT2D eigenvalue weighted by Crippen LogP contribution is -2.27. The van der Waals surface area contributed by atoms with E-state index in [4.69, 9.17) is 0 Å². The molecular formula is C101H96. The molecule has 12 aromatic carbocycles. The number of benzene rings is 12. The van der Waals surface area contributed by atoms with Crippen molar-refractivity contribution in [2.45, 2.75) is 185 Å². The van der Waals surface area contributed by atoms with Gasteiger partial charge in [-0.3, -0.25) is 0 Å². The van der Waals surface area contributed by atoms with Crippen LogP contribution in [0.3, 0.4) is 0 Å². The molecular weight excluding hydrogens is 1210 g/mol. The van der Waals surface area contributed by atoms with E-state index < -0.39 is 5.41 Å². The lowest BCUT2D eigenvalue weighted by molar-refractivity contribution is 0.437. The van der Waals surface area contributed by atoms with Crippen LogP contribution in [0.1, 0.15) is 225 Å². The average Bonchev–Trinajstić information content (AvgIpc) is 1.50. The zero-order valence-corrected chi connectivity index (χ0v) is 60.9. The van der Waals surface area contributed by atoms with Crippen LogP contribution in [-0.2, 0) is 27.1 Å². The number of fused-ring (bicyclic) bond motifs is 22. The predicted molar refractivity (Wildman–Crippen MR) is 429 cm³/mol. The van der Waals surface area contributed by atoms with Gasteiger partial charge < -0.3 is 0 Å². The Labute approximate surface area is 602 Å². The molecule has 0 nitrogen and oxygen atoms in total. The second kappa shape index (κ2) is 24.4. The van der Waals surface area contributed by atoms with E-state index in [1.807, 2.05) is 0 Å². The van der Waals surface area contributed by atoms with Crippen LogP contribution in [0, 0.1) is 0 Å². The maximum absolute atomic E-state index is 2.74.